The summed E-state index contributed by atoms with van der Waals surface area (Å²) in [5, 5.41) is 4.21. The third-order valence-corrected chi connectivity index (χ3v) is 2.92. The molecule has 0 bridgehead atoms. The zero-order valence-electron chi connectivity index (χ0n) is 10.9. The summed E-state index contributed by atoms with van der Waals surface area (Å²) in [5.74, 6) is 0.764. The van der Waals surface area contributed by atoms with Gasteiger partial charge in [-0.1, -0.05) is 20.8 Å². The van der Waals surface area contributed by atoms with Crippen molar-refractivity contribution >= 4 is 0 Å². The third kappa shape index (κ3) is 4.43. The summed E-state index contributed by atoms with van der Waals surface area (Å²) in [6, 6.07) is 0.749. The third-order valence-electron chi connectivity index (χ3n) is 2.92. The fraction of sp³-hybridized carbons (Fsp3) is 1.00. The van der Waals surface area contributed by atoms with Gasteiger partial charge in [0.25, 0.3) is 0 Å². The monoisotopic (exact) mass is 201 g/mol. The summed E-state index contributed by atoms with van der Waals surface area (Å²) in [4.78, 5) is 0. The molecule has 14 heavy (non-hydrogen) atoms. The van der Waals surface area contributed by atoms with Crippen molar-refractivity contribution in [2.75, 3.05) is 19.6 Å². The van der Waals surface area contributed by atoms with Crippen molar-refractivity contribution in [3.05, 3.63) is 0 Å². The summed E-state index contributed by atoms with van der Waals surface area (Å²) < 4.78 is 0. The second-order valence-electron chi connectivity index (χ2n) is 4.59. The van der Waals surface area contributed by atoms with Crippen LogP contribution in [0.1, 0.15) is 48.0 Å². The van der Waals surface area contributed by atoms with Crippen LogP contribution in [0.5, 0.6) is 0 Å². The van der Waals surface area contributed by atoms with E-state index >= 15 is 0 Å². The Balaban J connectivity index is 4.28. The average molecular weight is 201 g/mol. The van der Waals surface area contributed by atoms with Crippen LogP contribution in [0.4, 0.5) is 0 Å². The molecule has 0 spiro atoms. The average Bonchev–Trinajstić information content (AvgIpc) is 2.16. The minimum Gasteiger partial charge on any atom is -0.253 e. The van der Waals surface area contributed by atoms with E-state index in [9.17, 15) is 0 Å². The van der Waals surface area contributed by atoms with Crippen LogP contribution in [-0.4, -0.2) is 30.7 Å². The van der Waals surface area contributed by atoms with Crippen molar-refractivity contribution in [2.24, 2.45) is 5.92 Å². The number of hydrogen-bond acceptors (Lipinski definition) is 1. The smallest absolute Gasteiger partial charge is 0.102 e. The quantitative estimate of drug-likeness (QED) is 0.615. The molecule has 0 heterocycles. The Hall–Kier alpha value is -0.0800. The number of nitrogens with one attached hydrogen (secondary N) is 1. The molecule has 0 aliphatic heterocycles. The van der Waals surface area contributed by atoms with E-state index in [1.807, 2.05) is 0 Å². The SMILES string of the molecule is CCC(C)[NH+](CC)N(CC)CC(C)C. The van der Waals surface area contributed by atoms with E-state index in [-0.39, 0.29) is 0 Å². The van der Waals surface area contributed by atoms with Crippen LogP contribution in [0.15, 0.2) is 0 Å². The fourth-order valence-electron chi connectivity index (χ4n) is 2.01. The molecule has 0 aliphatic carbocycles. The van der Waals surface area contributed by atoms with Crippen molar-refractivity contribution < 1.29 is 5.01 Å². The standard InChI is InChI=1S/C12H28N2/c1-7-12(6)14(9-3)13(8-2)10-11(4)5/h11-12H,7-10H2,1-6H3/p+1. The highest BCUT2D eigenvalue weighted by molar-refractivity contribution is 4.49. The molecule has 2 heteroatoms. The molecule has 0 aromatic heterocycles. The van der Waals surface area contributed by atoms with Gasteiger partial charge >= 0.3 is 0 Å². The first-order valence-electron chi connectivity index (χ1n) is 6.17. The van der Waals surface area contributed by atoms with Gasteiger partial charge in [0.1, 0.15) is 6.04 Å². The normalized spacial score (nSPS) is 16.3. The van der Waals surface area contributed by atoms with E-state index in [1.54, 1.807) is 5.01 Å². The minimum absolute atomic E-state index is 0.749. The Labute approximate surface area is 90.2 Å². The Morgan fingerprint density at radius 3 is 1.93 bits per heavy atom. The second kappa shape index (κ2) is 7.24. The van der Waals surface area contributed by atoms with E-state index < -0.39 is 0 Å². The van der Waals surface area contributed by atoms with Crippen LogP contribution < -0.4 is 5.01 Å². The first-order valence-corrected chi connectivity index (χ1v) is 6.17. The summed E-state index contributed by atoms with van der Waals surface area (Å²) >= 11 is 0. The molecule has 0 saturated carbocycles. The Bertz CT molecular complexity index is 134. The lowest BCUT2D eigenvalue weighted by Crippen LogP contribution is -3.21. The number of hydrogen-bond donors (Lipinski definition) is 1. The maximum absolute atomic E-state index is 2.57. The summed E-state index contributed by atoms with van der Waals surface area (Å²) in [6.45, 7) is 17.3. The van der Waals surface area contributed by atoms with E-state index in [1.165, 1.54) is 19.5 Å². The predicted octanol–water partition coefficient (Wildman–Crippen LogP) is 1.58. The van der Waals surface area contributed by atoms with E-state index in [2.05, 4.69) is 46.6 Å². The lowest BCUT2D eigenvalue weighted by molar-refractivity contribution is -1.03. The molecular weight excluding hydrogens is 172 g/mol. The summed E-state index contributed by atoms with van der Waals surface area (Å²) in [6.07, 6.45) is 1.26. The minimum atomic E-state index is 0.749. The molecule has 0 fully saturated rings. The highest BCUT2D eigenvalue weighted by atomic mass is 15.6. The molecule has 2 atom stereocenters. The van der Waals surface area contributed by atoms with Gasteiger partial charge in [-0.15, -0.1) is 0 Å². The number of quaternary nitrogens is 1. The van der Waals surface area contributed by atoms with Crippen LogP contribution in [0, 0.1) is 5.92 Å². The van der Waals surface area contributed by atoms with Crippen molar-refractivity contribution in [2.45, 2.75) is 54.0 Å². The van der Waals surface area contributed by atoms with Crippen molar-refractivity contribution in [3.8, 4) is 0 Å². The van der Waals surface area contributed by atoms with Gasteiger partial charge in [-0.25, -0.2) is 0 Å². The first-order chi connectivity index (χ1) is 6.56. The zero-order valence-corrected chi connectivity index (χ0v) is 10.9. The molecule has 0 aromatic carbocycles. The van der Waals surface area contributed by atoms with Crippen LogP contribution in [0.25, 0.3) is 0 Å². The number of rotatable bonds is 7. The second-order valence-corrected chi connectivity index (χ2v) is 4.59. The van der Waals surface area contributed by atoms with Gasteiger partial charge in [-0.05, 0) is 33.1 Å². The maximum Gasteiger partial charge on any atom is 0.102 e. The molecular formula is C12H29N2+. The van der Waals surface area contributed by atoms with Gasteiger partial charge in [0.15, 0.2) is 0 Å². The number of nitrogens with zero attached hydrogens (tertiary/aromatic N) is 1. The molecule has 1 N–H and O–H groups in total. The Morgan fingerprint density at radius 1 is 1.07 bits per heavy atom. The van der Waals surface area contributed by atoms with E-state index in [0.717, 1.165) is 18.5 Å². The summed E-state index contributed by atoms with van der Waals surface area (Å²) in [7, 11) is 0. The van der Waals surface area contributed by atoms with Gasteiger partial charge < -0.3 is 0 Å². The highest BCUT2D eigenvalue weighted by Gasteiger charge is 2.21. The van der Waals surface area contributed by atoms with Gasteiger partial charge in [0.05, 0.1) is 6.54 Å². The van der Waals surface area contributed by atoms with Crippen molar-refractivity contribution in [1.29, 1.82) is 0 Å². The first kappa shape index (κ1) is 13.9. The molecule has 2 nitrogen and oxygen atoms in total. The maximum atomic E-state index is 2.57. The molecule has 0 aliphatic rings. The van der Waals surface area contributed by atoms with Crippen LogP contribution in [0.2, 0.25) is 0 Å². The van der Waals surface area contributed by atoms with E-state index in [0.29, 0.717) is 0 Å². The largest absolute Gasteiger partial charge is 0.253 e. The highest BCUT2D eigenvalue weighted by Crippen LogP contribution is 1.94. The summed E-state index contributed by atoms with van der Waals surface area (Å²) in [5.41, 5.74) is 0. The molecule has 0 radical (unpaired) electrons. The van der Waals surface area contributed by atoms with Gasteiger partial charge in [-0.2, -0.15) is 5.01 Å². The van der Waals surface area contributed by atoms with E-state index in [4.69, 9.17) is 0 Å². The predicted molar refractivity (Wildman–Crippen MR) is 63.3 cm³/mol. The van der Waals surface area contributed by atoms with Crippen molar-refractivity contribution in [3.63, 3.8) is 0 Å². The van der Waals surface area contributed by atoms with Crippen LogP contribution in [-0.2, 0) is 0 Å². The molecule has 2 unspecified atom stereocenters. The van der Waals surface area contributed by atoms with Gasteiger partial charge in [0.2, 0.25) is 0 Å². The van der Waals surface area contributed by atoms with Crippen LogP contribution >= 0.6 is 0 Å². The topological polar surface area (TPSA) is 7.68 Å². The molecule has 86 valence electrons. The van der Waals surface area contributed by atoms with Gasteiger partial charge in [-0.3, -0.25) is 5.01 Å². The zero-order chi connectivity index (χ0) is 11.1. The molecule has 0 amide bonds. The van der Waals surface area contributed by atoms with Crippen molar-refractivity contribution in [1.82, 2.24) is 5.01 Å². The molecule has 0 rings (SSSR count). The molecule has 0 aromatic rings. The fourth-order valence-corrected chi connectivity index (χ4v) is 2.01. The van der Waals surface area contributed by atoms with Crippen LogP contribution in [0.3, 0.4) is 0 Å². The lowest BCUT2D eigenvalue weighted by atomic mass is 10.2. The Morgan fingerprint density at radius 2 is 1.64 bits per heavy atom. The Kier molecular flexibility index (Phi) is 7.20. The molecule has 0 saturated heterocycles. The van der Waals surface area contributed by atoms with Gasteiger partial charge in [0, 0.05) is 13.1 Å². The lowest BCUT2D eigenvalue weighted by Gasteiger charge is -2.34.